The highest BCUT2D eigenvalue weighted by atomic mass is 19.1. The van der Waals surface area contributed by atoms with Crippen LogP contribution in [0.15, 0.2) is 12.1 Å². The van der Waals surface area contributed by atoms with Crippen molar-refractivity contribution >= 4 is 5.78 Å². The van der Waals surface area contributed by atoms with Gasteiger partial charge in [0.15, 0.2) is 5.78 Å². The molecular formula is C12H15FO3. The molecule has 0 radical (unpaired) electrons. The van der Waals surface area contributed by atoms with Gasteiger partial charge in [-0.2, -0.15) is 0 Å². The Hall–Kier alpha value is -1.58. The second-order valence-electron chi connectivity index (χ2n) is 3.47. The molecule has 0 aliphatic heterocycles. The number of carbonyl (C=O) groups excluding carboxylic acids is 1. The van der Waals surface area contributed by atoms with Crippen LogP contribution in [0.1, 0.15) is 35.9 Å². The highest BCUT2D eigenvalue weighted by Crippen LogP contribution is 2.34. The monoisotopic (exact) mass is 226 g/mol. The van der Waals surface area contributed by atoms with Crippen molar-refractivity contribution in [3.05, 3.63) is 23.3 Å². The molecule has 0 aliphatic carbocycles. The minimum absolute atomic E-state index is 0.165. The number of alkyl halides is 1. The molecule has 0 heterocycles. The Balaban J connectivity index is 3.40. The van der Waals surface area contributed by atoms with Gasteiger partial charge in [0.05, 0.1) is 19.8 Å². The van der Waals surface area contributed by atoms with Crippen LogP contribution in [0.2, 0.25) is 0 Å². The lowest BCUT2D eigenvalue weighted by Crippen LogP contribution is -2.02. The van der Waals surface area contributed by atoms with Crippen LogP contribution >= 0.6 is 0 Å². The number of Topliss-reactive ketones (excluding diaryl/α,β-unsaturated/α-hetero) is 1. The minimum atomic E-state index is -1.20. The van der Waals surface area contributed by atoms with Gasteiger partial charge >= 0.3 is 0 Å². The number of halogens is 1. The molecule has 16 heavy (non-hydrogen) atoms. The number of ether oxygens (including phenoxy) is 2. The second-order valence-corrected chi connectivity index (χ2v) is 3.47. The van der Waals surface area contributed by atoms with Crippen LogP contribution in [0.5, 0.6) is 11.5 Å². The SMILES string of the molecule is COc1cc(OC)c(C(C)F)cc1C(C)=O. The van der Waals surface area contributed by atoms with Gasteiger partial charge in [-0.15, -0.1) is 0 Å². The molecule has 0 bridgehead atoms. The van der Waals surface area contributed by atoms with E-state index in [1.165, 1.54) is 40.2 Å². The number of hydrogen-bond donors (Lipinski definition) is 0. The Bertz CT molecular complexity index is 399. The van der Waals surface area contributed by atoms with Gasteiger partial charge in [0.25, 0.3) is 0 Å². The third-order valence-corrected chi connectivity index (χ3v) is 2.36. The summed E-state index contributed by atoms with van der Waals surface area (Å²) < 4.78 is 23.4. The van der Waals surface area contributed by atoms with Crippen LogP contribution < -0.4 is 9.47 Å². The van der Waals surface area contributed by atoms with Crippen LogP contribution in [-0.4, -0.2) is 20.0 Å². The third kappa shape index (κ3) is 2.32. The standard InChI is InChI=1S/C12H15FO3/c1-7(13)9-5-10(8(2)14)12(16-4)6-11(9)15-3/h5-7H,1-4H3. The van der Waals surface area contributed by atoms with Crippen molar-refractivity contribution in [2.75, 3.05) is 14.2 Å². The summed E-state index contributed by atoms with van der Waals surface area (Å²) in [7, 11) is 2.91. The lowest BCUT2D eigenvalue weighted by molar-refractivity contribution is 0.101. The molecule has 1 unspecified atom stereocenters. The Kier molecular flexibility index (Phi) is 3.88. The molecule has 0 fully saturated rings. The molecule has 1 aromatic rings. The molecule has 0 saturated heterocycles. The van der Waals surface area contributed by atoms with Crippen LogP contribution in [0.3, 0.4) is 0 Å². The van der Waals surface area contributed by atoms with E-state index in [9.17, 15) is 9.18 Å². The highest BCUT2D eigenvalue weighted by molar-refractivity contribution is 5.97. The summed E-state index contributed by atoms with van der Waals surface area (Å²) >= 11 is 0. The maximum absolute atomic E-state index is 13.3. The van der Waals surface area contributed by atoms with Gasteiger partial charge in [-0.05, 0) is 19.9 Å². The summed E-state index contributed by atoms with van der Waals surface area (Å²) in [5.41, 5.74) is 0.719. The number of benzene rings is 1. The first-order chi connectivity index (χ1) is 7.51. The zero-order chi connectivity index (χ0) is 12.3. The maximum atomic E-state index is 13.3. The van der Waals surface area contributed by atoms with Gasteiger partial charge in [-0.1, -0.05) is 0 Å². The van der Waals surface area contributed by atoms with E-state index < -0.39 is 6.17 Å². The van der Waals surface area contributed by atoms with Gasteiger partial charge in [0.2, 0.25) is 0 Å². The molecule has 0 N–H and O–H groups in total. The molecule has 0 amide bonds. The summed E-state index contributed by atoms with van der Waals surface area (Å²) in [6.45, 7) is 2.81. The summed E-state index contributed by atoms with van der Waals surface area (Å²) in [5, 5.41) is 0. The molecule has 3 nitrogen and oxygen atoms in total. The lowest BCUT2D eigenvalue weighted by Gasteiger charge is -2.14. The largest absolute Gasteiger partial charge is 0.496 e. The fraction of sp³-hybridized carbons (Fsp3) is 0.417. The first-order valence-electron chi connectivity index (χ1n) is 4.92. The smallest absolute Gasteiger partial charge is 0.163 e. The Morgan fingerprint density at radius 1 is 1.25 bits per heavy atom. The average Bonchev–Trinajstić information content (AvgIpc) is 2.26. The molecule has 0 aliphatic rings. The number of rotatable bonds is 4. The van der Waals surface area contributed by atoms with Gasteiger partial charge in [-0.25, -0.2) is 4.39 Å². The Morgan fingerprint density at radius 3 is 2.19 bits per heavy atom. The van der Waals surface area contributed by atoms with Crippen molar-refractivity contribution in [3.63, 3.8) is 0 Å². The van der Waals surface area contributed by atoms with Crippen LogP contribution in [0.25, 0.3) is 0 Å². The predicted octanol–water partition coefficient (Wildman–Crippen LogP) is 2.94. The van der Waals surface area contributed by atoms with E-state index in [4.69, 9.17) is 9.47 Å². The molecular weight excluding hydrogens is 211 g/mol. The summed E-state index contributed by atoms with van der Waals surface area (Å²) in [4.78, 5) is 11.4. The van der Waals surface area contributed by atoms with Crippen molar-refractivity contribution in [1.29, 1.82) is 0 Å². The van der Waals surface area contributed by atoms with E-state index in [0.29, 0.717) is 22.6 Å². The number of carbonyl (C=O) groups is 1. The fourth-order valence-electron chi connectivity index (χ4n) is 1.51. The number of hydrogen-bond acceptors (Lipinski definition) is 3. The predicted molar refractivity (Wildman–Crippen MR) is 59.1 cm³/mol. The first-order valence-corrected chi connectivity index (χ1v) is 4.92. The maximum Gasteiger partial charge on any atom is 0.163 e. The molecule has 1 aromatic carbocycles. The van der Waals surface area contributed by atoms with Crippen molar-refractivity contribution in [1.82, 2.24) is 0 Å². The number of methoxy groups -OCH3 is 2. The van der Waals surface area contributed by atoms with Gasteiger partial charge in [0.1, 0.15) is 17.7 Å². The zero-order valence-corrected chi connectivity index (χ0v) is 9.83. The average molecular weight is 226 g/mol. The molecule has 0 spiro atoms. The molecule has 88 valence electrons. The zero-order valence-electron chi connectivity index (χ0n) is 9.83. The van der Waals surface area contributed by atoms with Crippen molar-refractivity contribution in [2.24, 2.45) is 0 Å². The third-order valence-electron chi connectivity index (χ3n) is 2.36. The van der Waals surface area contributed by atoms with Crippen LogP contribution in [0.4, 0.5) is 4.39 Å². The minimum Gasteiger partial charge on any atom is -0.496 e. The van der Waals surface area contributed by atoms with Crippen LogP contribution in [0, 0.1) is 0 Å². The summed E-state index contributed by atoms with van der Waals surface area (Å²) in [6.07, 6.45) is -1.20. The normalized spacial score (nSPS) is 12.1. The van der Waals surface area contributed by atoms with Gasteiger partial charge in [0, 0.05) is 11.6 Å². The molecule has 4 heteroatoms. The van der Waals surface area contributed by atoms with E-state index in [-0.39, 0.29) is 5.78 Å². The quantitative estimate of drug-likeness (QED) is 0.740. The summed E-state index contributed by atoms with van der Waals surface area (Å²) in [5.74, 6) is 0.618. The van der Waals surface area contributed by atoms with E-state index in [2.05, 4.69) is 0 Å². The van der Waals surface area contributed by atoms with E-state index in [1.54, 1.807) is 0 Å². The fourth-order valence-corrected chi connectivity index (χ4v) is 1.51. The van der Waals surface area contributed by atoms with Crippen molar-refractivity contribution in [2.45, 2.75) is 20.0 Å². The highest BCUT2D eigenvalue weighted by Gasteiger charge is 2.17. The second kappa shape index (κ2) is 4.96. The first kappa shape index (κ1) is 12.5. The topological polar surface area (TPSA) is 35.5 Å². The summed E-state index contributed by atoms with van der Waals surface area (Å²) in [6, 6.07) is 3.01. The Labute approximate surface area is 94.2 Å². The molecule has 1 atom stereocenters. The van der Waals surface area contributed by atoms with Crippen molar-refractivity contribution < 1.29 is 18.7 Å². The van der Waals surface area contributed by atoms with Crippen LogP contribution in [-0.2, 0) is 0 Å². The van der Waals surface area contributed by atoms with Gasteiger partial charge < -0.3 is 9.47 Å². The number of ketones is 1. The molecule has 1 rings (SSSR count). The molecule has 0 saturated carbocycles. The Morgan fingerprint density at radius 2 is 1.81 bits per heavy atom. The van der Waals surface area contributed by atoms with E-state index in [0.717, 1.165) is 0 Å². The van der Waals surface area contributed by atoms with E-state index in [1.807, 2.05) is 0 Å². The lowest BCUT2D eigenvalue weighted by atomic mass is 10.0. The van der Waals surface area contributed by atoms with E-state index >= 15 is 0 Å². The van der Waals surface area contributed by atoms with Crippen molar-refractivity contribution in [3.8, 4) is 11.5 Å². The van der Waals surface area contributed by atoms with Gasteiger partial charge in [-0.3, -0.25) is 4.79 Å². The molecule has 0 aromatic heterocycles.